The zero-order valence-electron chi connectivity index (χ0n) is 19.7. The number of benzene rings is 1. The monoisotopic (exact) mass is 498 g/mol. The van der Waals surface area contributed by atoms with Gasteiger partial charge in [0.05, 0.1) is 12.1 Å². The Balaban J connectivity index is 1.79. The van der Waals surface area contributed by atoms with Crippen molar-refractivity contribution in [2.24, 2.45) is 5.92 Å². The summed E-state index contributed by atoms with van der Waals surface area (Å²) < 4.78 is 10.5. The lowest BCUT2D eigenvalue weighted by molar-refractivity contribution is -0.157. The molecule has 0 saturated carbocycles. The van der Waals surface area contributed by atoms with Gasteiger partial charge in [-0.05, 0) is 17.9 Å². The van der Waals surface area contributed by atoms with Crippen LogP contribution in [0.4, 0.5) is 0 Å². The standard InChI is InChI=1S/C23H27BN4O8/c1-13(2)10-17(24-35-19(23(34)36-24)18(29)22(32)33)28-20(30)15(11-14-6-4-3-5-7-14)27-21(31)16-12-25-8-9-26-16/h3-9,12-13,15,17-19,29H,10-11H2,1-2H3,(H,27,31)(H,28,30)(H,32,33)/t15?,17-,18?,19?/m0/s1. The van der Waals surface area contributed by atoms with Crippen molar-refractivity contribution in [3.8, 4) is 0 Å². The minimum atomic E-state index is -2.12. The van der Waals surface area contributed by atoms with E-state index in [1.165, 1.54) is 18.6 Å². The van der Waals surface area contributed by atoms with E-state index < -0.39 is 55.1 Å². The van der Waals surface area contributed by atoms with Crippen LogP contribution < -0.4 is 10.6 Å². The Kier molecular flexibility index (Phi) is 9.09. The van der Waals surface area contributed by atoms with Crippen molar-refractivity contribution in [2.45, 2.75) is 50.9 Å². The van der Waals surface area contributed by atoms with E-state index in [1.54, 1.807) is 24.3 Å². The first-order valence-electron chi connectivity index (χ1n) is 11.3. The number of carboxylic acid groups (broad SMARTS) is 1. The molecule has 1 aliphatic heterocycles. The number of nitrogens with zero attached hydrogens (tertiary/aromatic N) is 2. The fraction of sp³-hybridized carbons (Fsp3) is 0.391. The van der Waals surface area contributed by atoms with E-state index in [1.807, 2.05) is 19.9 Å². The molecule has 3 unspecified atom stereocenters. The molecule has 3 rings (SSSR count). The smallest absolute Gasteiger partial charge is 0.506 e. The van der Waals surface area contributed by atoms with Gasteiger partial charge in [0, 0.05) is 18.8 Å². The molecule has 2 heterocycles. The van der Waals surface area contributed by atoms with Crippen molar-refractivity contribution in [3.05, 3.63) is 60.2 Å². The number of aliphatic hydroxyl groups excluding tert-OH is 1. The van der Waals surface area contributed by atoms with E-state index in [0.29, 0.717) is 6.42 Å². The van der Waals surface area contributed by atoms with Crippen LogP contribution in [-0.4, -0.2) is 75.2 Å². The average Bonchev–Trinajstić information content (AvgIpc) is 3.24. The summed E-state index contributed by atoms with van der Waals surface area (Å²) in [5.41, 5.74) is 0.811. The summed E-state index contributed by atoms with van der Waals surface area (Å²) in [6.45, 7) is 3.74. The number of aliphatic carboxylic acids is 1. The zero-order valence-corrected chi connectivity index (χ0v) is 19.7. The van der Waals surface area contributed by atoms with Gasteiger partial charge in [-0.25, -0.2) is 9.78 Å². The lowest BCUT2D eigenvalue weighted by Gasteiger charge is -2.25. The van der Waals surface area contributed by atoms with Gasteiger partial charge in [-0.15, -0.1) is 0 Å². The lowest BCUT2D eigenvalue weighted by Crippen LogP contribution is -2.55. The molecule has 36 heavy (non-hydrogen) atoms. The van der Waals surface area contributed by atoms with E-state index >= 15 is 0 Å². The van der Waals surface area contributed by atoms with Crippen molar-refractivity contribution < 1.29 is 38.7 Å². The summed E-state index contributed by atoms with van der Waals surface area (Å²) in [6, 6.07) is 8.00. The first-order valence-corrected chi connectivity index (χ1v) is 11.3. The van der Waals surface area contributed by atoms with Gasteiger partial charge in [-0.3, -0.25) is 19.4 Å². The summed E-state index contributed by atoms with van der Waals surface area (Å²) in [7, 11) is -1.32. The van der Waals surface area contributed by atoms with Crippen molar-refractivity contribution in [2.75, 3.05) is 0 Å². The molecule has 12 nitrogen and oxygen atoms in total. The Morgan fingerprint density at radius 2 is 1.86 bits per heavy atom. The summed E-state index contributed by atoms with van der Waals surface area (Å²) in [5, 5.41) is 24.2. The molecule has 1 aromatic heterocycles. The largest absolute Gasteiger partial charge is 0.552 e. The quantitative estimate of drug-likeness (QED) is 0.303. The normalized spacial score (nSPS) is 17.7. The molecule has 1 aromatic carbocycles. The predicted octanol–water partition coefficient (Wildman–Crippen LogP) is -0.236. The van der Waals surface area contributed by atoms with Crippen molar-refractivity contribution in [1.82, 2.24) is 20.6 Å². The summed E-state index contributed by atoms with van der Waals surface area (Å²) in [5.74, 6) is -4.73. The van der Waals surface area contributed by atoms with Crippen LogP contribution in [0.5, 0.6) is 0 Å². The maximum absolute atomic E-state index is 13.4. The maximum atomic E-state index is 13.4. The molecule has 1 saturated heterocycles. The molecular weight excluding hydrogens is 471 g/mol. The van der Waals surface area contributed by atoms with Crippen LogP contribution in [0.15, 0.2) is 48.9 Å². The van der Waals surface area contributed by atoms with Crippen LogP contribution in [0.3, 0.4) is 0 Å². The van der Waals surface area contributed by atoms with Gasteiger partial charge >= 0.3 is 19.1 Å². The number of rotatable bonds is 11. The van der Waals surface area contributed by atoms with Crippen LogP contribution in [0.25, 0.3) is 0 Å². The number of aliphatic hydroxyl groups is 1. The van der Waals surface area contributed by atoms with Gasteiger partial charge in [0.25, 0.3) is 5.91 Å². The first-order chi connectivity index (χ1) is 17.2. The third kappa shape index (κ3) is 7.09. The van der Waals surface area contributed by atoms with Crippen LogP contribution >= 0.6 is 0 Å². The number of carboxylic acids is 1. The molecule has 0 aliphatic carbocycles. The highest BCUT2D eigenvalue weighted by atomic mass is 16.7. The Bertz CT molecular complexity index is 1070. The van der Waals surface area contributed by atoms with Crippen molar-refractivity contribution in [3.63, 3.8) is 0 Å². The lowest BCUT2D eigenvalue weighted by atomic mass is 9.74. The average molecular weight is 498 g/mol. The highest BCUT2D eigenvalue weighted by molar-refractivity contribution is 6.51. The molecule has 4 atom stereocenters. The molecule has 1 fully saturated rings. The summed E-state index contributed by atoms with van der Waals surface area (Å²) >= 11 is 0. The zero-order chi connectivity index (χ0) is 26.2. The number of carbonyl (C=O) groups excluding carboxylic acids is 3. The summed E-state index contributed by atoms with van der Waals surface area (Å²) in [6.07, 6.45) is 0.653. The topological polar surface area (TPSA) is 177 Å². The number of aromatic nitrogens is 2. The molecule has 0 spiro atoms. The van der Waals surface area contributed by atoms with Crippen LogP contribution in [0, 0.1) is 5.92 Å². The third-order valence-electron chi connectivity index (χ3n) is 5.37. The molecule has 13 heteroatoms. The van der Waals surface area contributed by atoms with Gasteiger partial charge in [-0.1, -0.05) is 44.2 Å². The minimum Gasteiger partial charge on any atom is -0.506 e. The molecule has 0 radical (unpaired) electrons. The molecule has 0 bridgehead atoms. The predicted molar refractivity (Wildman–Crippen MR) is 125 cm³/mol. The second-order valence-corrected chi connectivity index (χ2v) is 8.70. The molecule has 2 aromatic rings. The van der Waals surface area contributed by atoms with Crippen LogP contribution in [-0.2, 0) is 30.1 Å². The van der Waals surface area contributed by atoms with Crippen molar-refractivity contribution >= 4 is 30.9 Å². The van der Waals surface area contributed by atoms with Gasteiger partial charge in [-0.2, -0.15) is 0 Å². The van der Waals surface area contributed by atoms with Gasteiger partial charge in [0.1, 0.15) is 11.7 Å². The number of amides is 2. The second-order valence-electron chi connectivity index (χ2n) is 8.70. The van der Waals surface area contributed by atoms with E-state index in [9.17, 15) is 24.3 Å². The number of hydrogen-bond donors (Lipinski definition) is 4. The Morgan fingerprint density at radius 3 is 2.47 bits per heavy atom. The Labute approximate surface area is 207 Å². The third-order valence-corrected chi connectivity index (χ3v) is 5.37. The molecule has 2 amide bonds. The van der Waals surface area contributed by atoms with Gasteiger partial charge in [0.2, 0.25) is 5.91 Å². The SMILES string of the molecule is CC(C)C[C@H](NC(=O)C(Cc1ccccc1)NC(=O)c1cnccn1)B1OC(=O)C(C(O)C(=O)O)O1. The molecular formula is C23H27BN4O8. The summed E-state index contributed by atoms with van der Waals surface area (Å²) in [4.78, 5) is 57.1. The molecule has 1 aliphatic rings. The highest BCUT2D eigenvalue weighted by Crippen LogP contribution is 2.20. The molecule has 4 N–H and O–H groups in total. The first kappa shape index (κ1) is 26.8. The number of hydrogen-bond acceptors (Lipinski definition) is 9. The fourth-order valence-electron chi connectivity index (χ4n) is 3.66. The number of nitrogens with one attached hydrogen (secondary N) is 2. The molecule has 190 valence electrons. The number of carbonyl (C=O) groups is 4. The van der Waals surface area contributed by atoms with E-state index in [4.69, 9.17) is 14.4 Å². The maximum Gasteiger partial charge on any atom is 0.552 e. The fourth-order valence-corrected chi connectivity index (χ4v) is 3.66. The van der Waals surface area contributed by atoms with Crippen molar-refractivity contribution in [1.29, 1.82) is 0 Å². The van der Waals surface area contributed by atoms with E-state index in [0.717, 1.165) is 5.56 Å². The highest BCUT2D eigenvalue weighted by Gasteiger charge is 2.50. The Morgan fingerprint density at radius 1 is 1.14 bits per heavy atom. The Hall–Kier alpha value is -3.84. The van der Waals surface area contributed by atoms with E-state index in [2.05, 4.69) is 20.6 Å². The van der Waals surface area contributed by atoms with Gasteiger partial charge < -0.3 is 30.2 Å². The van der Waals surface area contributed by atoms with Crippen LogP contribution in [0.1, 0.15) is 36.3 Å². The van der Waals surface area contributed by atoms with Gasteiger partial charge in [0.15, 0.2) is 12.2 Å². The minimum absolute atomic E-state index is 0.0165. The second kappa shape index (κ2) is 12.2. The van der Waals surface area contributed by atoms with E-state index in [-0.39, 0.29) is 18.0 Å². The van der Waals surface area contributed by atoms with Crippen LogP contribution in [0.2, 0.25) is 0 Å².